The van der Waals surface area contributed by atoms with Crippen molar-refractivity contribution in [2.75, 3.05) is 0 Å². The van der Waals surface area contributed by atoms with Gasteiger partial charge in [0.15, 0.2) is 0 Å². The molecule has 1 atom stereocenters. The van der Waals surface area contributed by atoms with E-state index >= 15 is 0 Å². The quantitative estimate of drug-likeness (QED) is 0.514. The summed E-state index contributed by atoms with van der Waals surface area (Å²) in [5.74, 6) is 0.107. The van der Waals surface area contributed by atoms with Crippen LogP contribution in [0.4, 0.5) is 0 Å². The number of carboxylic acids is 1. The van der Waals surface area contributed by atoms with Crippen molar-refractivity contribution in [3.63, 3.8) is 0 Å². The van der Waals surface area contributed by atoms with E-state index in [0.29, 0.717) is 9.78 Å². The fourth-order valence-corrected chi connectivity index (χ4v) is 3.24. The molecule has 0 spiro atoms. The minimum absolute atomic E-state index is 0.329. The fraction of sp³-hybridized carbons (Fsp3) is 0.923. The van der Waals surface area contributed by atoms with Crippen molar-refractivity contribution < 1.29 is 9.90 Å². The van der Waals surface area contributed by atoms with Gasteiger partial charge in [0.1, 0.15) is 0 Å². The predicted octanol–water partition coefficient (Wildman–Crippen LogP) is 3.80. The van der Waals surface area contributed by atoms with Gasteiger partial charge in [0, 0.05) is 0 Å². The van der Waals surface area contributed by atoms with E-state index in [0.717, 1.165) is 18.8 Å². The van der Waals surface area contributed by atoms with Gasteiger partial charge >= 0.3 is 114 Å². The van der Waals surface area contributed by atoms with Gasteiger partial charge in [-0.1, -0.05) is 0 Å². The van der Waals surface area contributed by atoms with Crippen molar-refractivity contribution in [2.45, 2.75) is 69.1 Å². The van der Waals surface area contributed by atoms with E-state index in [9.17, 15) is 4.79 Å². The summed E-state index contributed by atoms with van der Waals surface area (Å²) in [5, 5.41) is 8.59. The first-order valence-corrected chi connectivity index (χ1v) is 7.71. The third-order valence-electron chi connectivity index (χ3n) is 3.67. The molecule has 0 rings (SSSR count). The molecule has 0 aliphatic heterocycles. The van der Waals surface area contributed by atoms with E-state index in [1.165, 1.54) is 25.7 Å². The fourth-order valence-electron chi connectivity index (χ4n) is 2.35. The van der Waals surface area contributed by atoms with Crippen LogP contribution < -0.4 is 0 Å². The van der Waals surface area contributed by atoms with Crippen LogP contribution in [0.25, 0.3) is 0 Å². The molecule has 0 aliphatic rings. The van der Waals surface area contributed by atoms with E-state index in [2.05, 4.69) is 20.8 Å². The first-order valence-electron chi connectivity index (χ1n) is 6.44. The van der Waals surface area contributed by atoms with Crippen LogP contribution in [0.1, 0.15) is 65.7 Å². The van der Waals surface area contributed by atoms with Crippen LogP contribution in [-0.2, 0) is 4.79 Å². The average molecular weight is 335 g/mol. The second kappa shape index (κ2) is 8.39. The molecule has 0 aromatic heterocycles. The maximum absolute atomic E-state index is 10.4. The Kier molecular flexibility index (Phi) is 8.54. The Labute approximate surface area is 114 Å². The SMILES string of the molecule is CCC(CCCCC(=O)O)[C]([Sb])(CC)CC. The first-order chi connectivity index (χ1) is 7.50. The molecule has 16 heavy (non-hydrogen) atoms. The van der Waals surface area contributed by atoms with E-state index in [1.54, 1.807) is 0 Å². The average Bonchev–Trinajstić information content (AvgIpc) is 2.28. The van der Waals surface area contributed by atoms with Crippen molar-refractivity contribution in [3.05, 3.63) is 0 Å². The molecule has 0 saturated carbocycles. The van der Waals surface area contributed by atoms with E-state index < -0.39 is 5.97 Å². The Hall–Kier alpha value is 0.288. The van der Waals surface area contributed by atoms with Gasteiger partial charge in [-0.2, -0.15) is 0 Å². The zero-order chi connectivity index (χ0) is 12.6. The van der Waals surface area contributed by atoms with Crippen molar-refractivity contribution in [1.82, 2.24) is 0 Å². The molecule has 0 aliphatic carbocycles. The van der Waals surface area contributed by atoms with Gasteiger partial charge < -0.3 is 0 Å². The van der Waals surface area contributed by atoms with Gasteiger partial charge in [-0.25, -0.2) is 0 Å². The van der Waals surface area contributed by atoms with Gasteiger partial charge in [-0.05, 0) is 0 Å². The van der Waals surface area contributed by atoms with Crippen LogP contribution in [0.3, 0.4) is 0 Å². The van der Waals surface area contributed by atoms with Crippen molar-refractivity contribution >= 4 is 29.0 Å². The number of carbonyl (C=O) groups is 1. The summed E-state index contributed by atoms with van der Waals surface area (Å²) in [6, 6.07) is 0. The normalized spacial score (nSPS) is 13.8. The number of unbranched alkanes of at least 4 members (excludes halogenated alkanes) is 1. The van der Waals surface area contributed by atoms with Crippen LogP contribution in [0.2, 0.25) is 3.36 Å². The third kappa shape index (κ3) is 5.57. The topological polar surface area (TPSA) is 37.3 Å². The Morgan fingerprint density at radius 1 is 1.25 bits per heavy atom. The third-order valence-corrected chi connectivity index (χ3v) is 6.52. The summed E-state index contributed by atoms with van der Waals surface area (Å²) in [5.41, 5.74) is 0. The zero-order valence-corrected chi connectivity index (χ0v) is 13.4. The van der Waals surface area contributed by atoms with E-state index in [4.69, 9.17) is 5.11 Å². The van der Waals surface area contributed by atoms with Gasteiger partial charge in [-0.15, -0.1) is 0 Å². The van der Waals surface area contributed by atoms with E-state index in [-0.39, 0.29) is 0 Å². The molecule has 0 aromatic carbocycles. The standard InChI is InChI=1S/C13H25O2.Sb/c1-4-11(5-2)12(6-3)9-7-8-10-13(14)15;/h12H,4-10H2,1-3H3,(H,14,15);. The molecule has 0 saturated heterocycles. The summed E-state index contributed by atoms with van der Waals surface area (Å²) in [6.07, 6.45) is 7.14. The van der Waals surface area contributed by atoms with Crippen LogP contribution in [0.15, 0.2) is 0 Å². The van der Waals surface area contributed by atoms with Gasteiger partial charge in [0.2, 0.25) is 0 Å². The summed E-state index contributed by atoms with van der Waals surface area (Å²) in [4.78, 5) is 10.4. The van der Waals surface area contributed by atoms with Gasteiger partial charge in [0.05, 0.1) is 0 Å². The number of hydrogen-bond acceptors (Lipinski definition) is 1. The van der Waals surface area contributed by atoms with Crippen molar-refractivity contribution in [2.24, 2.45) is 5.92 Å². The summed E-state index contributed by atoms with van der Waals surface area (Å²) < 4.78 is 0.492. The molecule has 0 heterocycles. The monoisotopic (exact) mass is 334 g/mol. The minimum atomic E-state index is -0.662. The van der Waals surface area contributed by atoms with Crippen LogP contribution in [0.5, 0.6) is 0 Å². The Morgan fingerprint density at radius 3 is 2.19 bits per heavy atom. The van der Waals surface area contributed by atoms with Crippen molar-refractivity contribution in [1.29, 1.82) is 0 Å². The Balaban J connectivity index is 4.04. The molecule has 2 nitrogen and oxygen atoms in total. The van der Waals surface area contributed by atoms with Gasteiger partial charge in [-0.3, -0.25) is 0 Å². The van der Waals surface area contributed by atoms with Gasteiger partial charge in [0.25, 0.3) is 0 Å². The molecule has 0 fully saturated rings. The second-order valence-electron chi connectivity index (χ2n) is 4.56. The molecule has 2 radical (unpaired) electrons. The molecule has 94 valence electrons. The zero-order valence-electron chi connectivity index (χ0n) is 10.8. The molecular weight excluding hydrogens is 310 g/mol. The Bertz CT molecular complexity index is 200. The number of carboxylic acid groups (broad SMARTS) is 1. The molecule has 1 unspecified atom stereocenters. The molecule has 0 aromatic rings. The maximum atomic E-state index is 10.4. The van der Waals surface area contributed by atoms with Crippen LogP contribution >= 0.6 is 0 Å². The molecule has 0 amide bonds. The molecule has 1 N–H and O–H groups in total. The summed E-state index contributed by atoms with van der Waals surface area (Å²) in [6.45, 7) is 6.82. The number of hydrogen-bond donors (Lipinski definition) is 1. The van der Waals surface area contributed by atoms with Crippen molar-refractivity contribution in [3.8, 4) is 0 Å². The Morgan fingerprint density at radius 2 is 1.81 bits per heavy atom. The summed E-state index contributed by atoms with van der Waals surface area (Å²) >= 11 is 1.97. The van der Waals surface area contributed by atoms with E-state index in [1.807, 2.05) is 23.0 Å². The summed E-state index contributed by atoms with van der Waals surface area (Å²) in [7, 11) is 0. The first kappa shape index (κ1) is 16.3. The number of rotatable bonds is 9. The molecule has 3 heteroatoms. The second-order valence-corrected chi connectivity index (χ2v) is 7.10. The molecular formula is C13H25O2Sb. The predicted molar refractivity (Wildman–Crippen MR) is 68.9 cm³/mol. The molecule has 0 bridgehead atoms. The number of aliphatic carboxylic acids is 1. The van der Waals surface area contributed by atoms with Crippen LogP contribution in [0, 0.1) is 5.92 Å². The van der Waals surface area contributed by atoms with Crippen LogP contribution in [-0.4, -0.2) is 34.1 Å².